The zero-order chi connectivity index (χ0) is 12.9. The molecule has 0 bridgehead atoms. The third-order valence-corrected chi connectivity index (χ3v) is 2.62. The number of esters is 1. The normalized spacial score (nSPS) is 10.9. The molecule has 0 saturated carbocycles. The van der Waals surface area contributed by atoms with E-state index >= 15 is 0 Å². The first-order valence-electron chi connectivity index (χ1n) is 5.12. The molecule has 0 atom stereocenters. The molecule has 0 aliphatic carbocycles. The Morgan fingerprint density at radius 3 is 2.59 bits per heavy atom. The van der Waals surface area contributed by atoms with Crippen LogP contribution in [0.2, 0.25) is 0 Å². The predicted molar refractivity (Wildman–Crippen MR) is 65.7 cm³/mol. The van der Waals surface area contributed by atoms with Crippen molar-refractivity contribution in [3.63, 3.8) is 0 Å². The molecule has 0 heterocycles. The highest BCUT2D eigenvalue weighted by Crippen LogP contribution is 2.16. The van der Waals surface area contributed by atoms with Crippen LogP contribution < -0.4 is 5.32 Å². The van der Waals surface area contributed by atoms with Crippen molar-refractivity contribution in [3.05, 3.63) is 29.8 Å². The topological polar surface area (TPSA) is 72.5 Å². The fourth-order valence-electron chi connectivity index (χ4n) is 1.23. The number of nitrogens with one attached hydrogen (secondary N) is 1. The molecule has 0 aliphatic rings. The molecule has 17 heavy (non-hydrogen) atoms. The molecule has 0 amide bonds. The number of hydrogen-bond acceptors (Lipinski definition) is 5. The van der Waals surface area contributed by atoms with Crippen molar-refractivity contribution in [2.24, 2.45) is 0 Å². The molecule has 0 fully saturated rings. The molecule has 0 aliphatic heterocycles. The van der Waals surface area contributed by atoms with E-state index in [-0.39, 0.29) is 12.5 Å². The molecule has 1 rings (SSSR count). The molecular formula is C11H15NO4S. The maximum absolute atomic E-state index is 11.6. The third kappa shape index (κ3) is 4.44. The summed E-state index contributed by atoms with van der Waals surface area (Å²) in [5, 5.41) is 2.70. The second-order valence-corrected chi connectivity index (χ2v) is 5.65. The van der Waals surface area contributed by atoms with E-state index in [4.69, 9.17) is 4.74 Å². The zero-order valence-electron chi connectivity index (χ0n) is 9.76. The highest BCUT2D eigenvalue weighted by Gasteiger charge is 2.12. The number of carbonyl (C=O) groups is 1. The van der Waals surface area contributed by atoms with E-state index < -0.39 is 15.8 Å². The summed E-state index contributed by atoms with van der Waals surface area (Å²) in [5.41, 5.74) is 0.786. The highest BCUT2D eigenvalue weighted by molar-refractivity contribution is 7.90. The first-order valence-corrected chi connectivity index (χ1v) is 7.18. The van der Waals surface area contributed by atoms with Gasteiger partial charge in [0.15, 0.2) is 9.84 Å². The largest absolute Gasteiger partial charge is 0.462 e. The molecule has 1 aromatic carbocycles. The molecule has 5 nitrogen and oxygen atoms in total. The van der Waals surface area contributed by atoms with Crippen LogP contribution in [-0.2, 0) is 14.6 Å². The Labute approximate surface area is 101 Å². The van der Waals surface area contributed by atoms with E-state index in [1.807, 2.05) is 0 Å². The summed E-state index contributed by atoms with van der Waals surface area (Å²) in [4.78, 5) is 11.6. The van der Waals surface area contributed by atoms with Crippen LogP contribution in [0, 0.1) is 0 Å². The zero-order valence-corrected chi connectivity index (χ0v) is 10.6. The third-order valence-electron chi connectivity index (χ3n) is 1.95. The lowest BCUT2D eigenvalue weighted by Gasteiger charge is -2.10. The number of rotatable bonds is 5. The summed E-state index contributed by atoms with van der Waals surface area (Å²) < 4.78 is 26.9. The Bertz CT molecular complexity index is 496. The molecule has 0 radical (unpaired) electrons. The van der Waals surface area contributed by atoms with Crippen LogP contribution in [0.1, 0.15) is 17.3 Å². The minimum absolute atomic E-state index is 0.219. The number of carbonyl (C=O) groups excluding carboxylic acids is 1. The van der Waals surface area contributed by atoms with Gasteiger partial charge in [0.25, 0.3) is 0 Å². The minimum atomic E-state index is -3.14. The fourth-order valence-corrected chi connectivity index (χ4v) is 1.65. The van der Waals surface area contributed by atoms with Crippen molar-refractivity contribution in [2.45, 2.75) is 6.92 Å². The molecule has 0 unspecified atom stereocenters. The van der Waals surface area contributed by atoms with Crippen molar-refractivity contribution in [1.29, 1.82) is 0 Å². The fraction of sp³-hybridized carbons (Fsp3) is 0.364. The maximum Gasteiger partial charge on any atom is 0.340 e. The molecule has 0 saturated heterocycles. The number of para-hydroxylation sites is 1. The number of hydrogen-bond donors (Lipinski definition) is 1. The number of benzene rings is 1. The summed E-state index contributed by atoms with van der Waals surface area (Å²) in [6.07, 6.45) is 1.12. The molecule has 6 heteroatoms. The minimum Gasteiger partial charge on any atom is -0.462 e. The van der Waals surface area contributed by atoms with Gasteiger partial charge in [0.1, 0.15) is 5.88 Å². The van der Waals surface area contributed by atoms with Crippen LogP contribution in [0.3, 0.4) is 0 Å². The lowest BCUT2D eigenvalue weighted by atomic mass is 10.2. The van der Waals surface area contributed by atoms with E-state index in [0.717, 1.165) is 6.26 Å². The van der Waals surface area contributed by atoms with Gasteiger partial charge in [-0.3, -0.25) is 0 Å². The number of anilines is 1. The Kier molecular flexibility index (Phi) is 4.51. The van der Waals surface area contributed by atoms with Gasteiger partial charge in [0, 0.05) is 11.9 Å². The Morgan fingerprint density at radius 2 is 2.00 bits per heavy atom. The first-order chi connectivity index (χ1) is 7.94. The molecule has 1 aromatic rings. The molecule has 0 spiro atoms. The lowest BCUT2D eigenvalue weighted by Crippen LogP contribution is -2.15. The quantitative estimate of drug-likeness (QED) is 0.804. The van der Waals surface area contributed by atoms with Crippen LogP contribution in [0.5, 0.6) is 0 Å². The van der Waals surface area contributed by atoms with Crippen LogP contribution in [0.25, 0.3) is 0 Å². The van der Waals surface area contributed by atoms with Gasteiger partial charge in [0.2, 0.25) is 0 Å². The van der Waals surface area contributed by atoms with E-state index in [0.29, 0.717) is 11.3 Å². The molecule has 94 valence electrons. The van der Waals surface area contributed by atoms with Gasteiger partial charge in [-0.1, -0.05) is 12.1 Å². The average molecular weight is 257 g/mol. The SMILES string of the molecule is CCOC(=O)c1ccccc1NCS(C)(=O)=O. The van der Waals surface area contributed by atoms with E-state index in [2.05, 4.69) is 5.32 Å². The summed E-state index contributed by atoms with van der Waals surface area (Å²) in [6.45, 7) is 1.99. The van der Waals surface area contributed by atoms with Gasteiger partial charge in [-0.15, -0.1) is 0 Å². The van der Waals surface area contributed by atoms with E-state index in [9.17, 15) is 13.2 Å². The summed E-state index contributed by atoms with van der Waals surface area (Å²) >= 11 is 0. The smallest absolute Gasteiger partial charge is 0.340 e. The molecule has 1 N–H and O–H groups in total. The molecule has 0 aromatic heterocycles. The monoisotopic (exact) mass is 257 g/mol. The van der Waals surface area contributed by atoms with Crippen LogP contribution >= 0.6 is 0 Å². The van der Waals surface area contributed by atoms with Gasteiger partial charge in [-0.25, -0.2) is 13.2 Å². The lowest BCUT2D eigenvalue weighted by molar-refractivity contribution is 0.0527. The van der Waals surface area contributed by atoms with Gasteiger partial charge < -0.3 is 10.1 Å². The van der Waals surface area contributed by atoms with Gasteiger partial charge in [-0.05, 0) is 19.1 Å². The maximum atomic E-state index is 11.6. The second-order valence-electron chi connectivity index (χ2n) is 3.51. The van der Waals surface area contributed by atoms with E-state index in [1.54, 1.807) is 31.2 Å². The van der Waals surface area contributed by atoms with Crippen LogP contribution in [0.4, 0.5) is 5.69 Å². The Hall–Kier alpha value is -1.56. The predicted octanol–water partition coefficient (Wildman–Crippen LogP) is 1.28. The highest BCUT2D eigenvalue weighted by atomic mass is 32.2. The Morgan fingerprint density at radius 1 is 1.35 bits per heavy atom. The number of ether oxygens (including phenoxy) is 1. The van der Waals surface area contributed by atoms with Gasteiger partial charge in [0.05, 0.1) is 12.2 Å². The van der Waals surface area contributed by atoms with Crippen molar-refractivity contribution in [3.8, 4) is 0 Å². The van der Waals surface area contributed by atoms with Crippen LogP contribution in [-0.4, -0.2) is 33.1 Å². The van der Waals surface area contributed by atoms with Gasteiger partial charge >= 0.3 is 5.97 Å². The Balaban J connectivity index is 2.88. The van der Waals surface area contributed by atoms with Crippen molar-refractivity contribution < 1.29 is 17.9 Å². The van der Waals surface area contributed by atoms with Crippen molar-refractivity contribution in [1.82, 2.24) is 0 Å². The summed E-state index contributed by atoms with van der Waals surface area (Å²) in [7, 11) is -3.14. The average Bonchev–Trinajstić information content (AvgIpc) is 2.26. The first kappa shape index (κ1) is 13.5. The molecular weight excluding hydrogens is 242 g/mol. The van der Waals surface area contributed by atoms with Crippen molar-refractivity contribution in [2.75, 3.05) is 24.1 Å². The summed E-state index contributed by atoms with van der Waals surface area (Å²) in [5.74, 6) is -0.687. The summed E-state index contributed by atoms with van der Waals surface area (Å²) in [6, 6.07) is 6.63. The van der Waals surface area contributed by atoms with Gasteiger partial charge in [-0.2, -0.15) is 0 Å². The van der Waals surface area contributed by atoms with Crippen LogP contribution in [0.15, 0.2) is 24.3 Å². The number of sulfone groups is 1. The van der Waals surface area contributed by atoms with E-state index in [1.165, 1.54) is 0 Å². The standard InChI is InChI=1S/C11H15NO4S/c1-3-16-11(13)9-6-4-5-7-10(9)12-8-17(2,14)15/h4-7,12H,3,8H2,1-2H3. The van der Waals surface area contributed by atoms with Crippen molar-refractivity contribution >= 4 is 21.5 Å². The second kappa shape index (κ2) is 5.67.